The molecule has 186 valence electrons. The molecule has 0 atom stereocenters. The van der Waals surface area contributed by atoms with Crippen molar-refractivity contribution in [3.8, 4) is 10.6 Å². The summed E-state index contributed by atoms with van der Waals surface area (Å²) >= 11 is 1.64. The van der Waals surface area contributed by atoms with Crippen LogP contribution < -0.4 is 5.43 Å². The molecule has 3 heterocycles. The van der Waals surface area contributed by atoms with E-state index >= 15 is 0 Å². The highest BCUT2D eigenvalue weighted by atomic mass is 32.1. The summed E-state index contributed by atoms with van der Waals surface area (Å²) in [4.78, 5) is 20.4. The first kappa shape index (κ1) is 24.3. The van der Waals surface area contributed by atoms with Crippen LogP contribution in [0.5, 0.6) is 0 Å². The van der Waals surface area contributed by atoms with Crippen LogP contribution in [-0.4, -0.2) is 39.7 Å². The molecule has 5 rings (SSSR count). The third kappa shape index (κ3) is 5.39. The summed E-state index contributed by atoms with van der Waals surface area (Å²) in [6.45, 7) is 8.28. The number of thiazole rings is 1. The Morgan fingerprint density at radius 1 is 1.22 bits per heavy atom. The van der Waals surface area contributed by atoms with Gasteiger partial charge in [0.25, 0.3) is 5.91 Å². The van der Waals surface area contributed by atoms with E-state index in [1.54, 1.807) is 23.5 Å². The van der Waals surface area contributed by atoms with Crippen LogP contribution in [0.2, 0.25) is 0 Å². The quantitative estimate of drug-likeness (QED) is 0.252. The summed E-state index contributed by atoms with van der Waals surface area (Å²) in [5.74, 6) is 0.212. The number of halogens is 1. The van der Waals surface area contributed by atoms with Crippen molar-refractivity contribution in [1.29, 1.82) is 0 Å². The first-order valence-corrected chi connectivity index (χ1v) is 13.3. The number of nitrogens with one attached hydrogen (secondary N) is 1. The highest BCUT2D eigenvalue weighted by Crippen LogP contribution is 2.31. The van der Waals surface area contributed by atoms with E-state index in [0.29, 0.717) is 11.1 Å². The molecule has 6 nitrogen and oxygen atoms in total. The minimum Gasteiger partial charge on any atom is -0.347 e. The van der Waals surface area contributed by atoms with Crippen LogP contribution in [0.1, 0.15) is 48.3 Å². The largest absolute Gasteiger partial charge is 0.347 e. The number of carbonyl (C=O) groups is 1. The molecule has 4 aromatic rings. The number of rotatable bonds is 7. The number of fused-ring (bicyclic) bond motifs is 1. The molecule has 0 spiro atoms. The van der Waals surface area contributed by atoms with Gasteiger partial charge in [-0.15, -0.1) is 11.3 Å². The van der Waals surface area contributed by atoms with Crippen molar-refractivity contribution < 1.29 is 9.18 Å². The van der Waals surface area contributed by atoms with Gasteiger partial charge < -0.3 is 4.57 Å². The van der Waals surface area contributed by atoms with Crippen molar-refractivity contribution in [1.82, 2.24) is 19.9 Å². The Labute approximate surface area is 214 Å². The van der Waals surface area contributed by atoms with E-state index in [4.69, 9.17) is 4.98 Å². The number of piperidine rings is 1. The molecule has 1 amide bonds. The average Bonchev–Trinajstić information content (AvgIpc) is 3.51. The van der Waals surface area contributed by atoms with Crippen molar-refractivity contribution in [2.45, 2.75) is 39.8 Å². The van der Waals surface area contributed by atoms with Gasteiger partial charge in [-0.25, -0.2) is 14.8 Å². The van der Waals surface area contributed by atoms with Crippen LogP contribution >= 0.6 is 11.3 Å². The summed E-state index contributed by atoms with van der Waals surface area (Å²) in [7, 11) is 0. The van der Waals surface area contributed by atoms with Gasteiger partial charge in [0.15, 0.2) is 0 Å². The van der Waals surface area contributed by atoms with E-state index < -0.39 is 0 Å². The van der Waals surface area contributed by atoms with Crippen LogP contribution in [0.15, 0.2) is 59.1 Å². The highest BCUT2D eigenvalue weighted by Gasteiger charge is 2.18. The third-order valence-corrected chi connectivity index (χ3v) is 7.72. The fourth-order valence-electron chi connectivity index (χ4n) is 4.61. The van der Waals surface area contributed by atoms with E-state index in [1.165, 1.54) is 31.2 Å². The molecule has 8 heteroatoms. The minimum absolute atomic E-state index is 0.290. The second-order valence-electron chi connectivity index (χ2n) is 9.41. The minimum atomic E-state index is -0.312. The molecule has 0 radical (unpaired) electrons. The lowest BCUT2D eigenvalue weighted by atomic mass is 9.99. The molecule has 2 aromatic carbocycles. The monoisotopic (exact) mass is 503 g/mol. The number of benzene rings is 2. The lowest BCUT2D eigenvalue weighted by Crippen LogP contribution is -2.32. The number of hydrazone groups is 1. The normalized spacial score (nSPS) is 15.2. The van der Waals surface area contributed by atoms with Crippen LogP contribution in [-0.2, 0) is 13.1 Å². The van der Waals surface area contributed by atoms with Gasteiger partial charge in [-0.05, 0) is 74.7 Å². The van der Waals surface area contributed by atoms with Gasteiger partial charge in [0, 0.05) is 41.1 Å². The maximum Gasteiger partial charge on any atom is 0.273 e. The van der Waals surface area contributed by atoms with Crippen molar-refractivity contribution in [2.75, 3.05) is 13.1 Å². The molecule has 1 fully saturated rings. The lowest BCUT2D eigenvalue weighted by Gasteiger charge is -2.29. The number of aryl methyl sites for hydroxylation is 1. The smallest absolute Gasteiger partial charge is 0.273 e. The molecule has 0 aliphatic carbocycles. The van der Waals surface area contributed by atoms with Crippen molar-refractivity contribution in [3.05, 3.63) is 76.7 Å². The van der Waals surface area contributed by atoms with Crippen LogP contribution in [0, 0.1) is 11.7 Å². The molecular weight excluding hydrogens is 473 g/mol. The van der Waals surface area contributed by atoms with Gasteiger partial charge in [0.1, 0.15) is 10.8 Å². The molecule has 1 aliphatic rings. The molecule has 0 saturated carbocycles. The van der Waals surface area contributed by atoms with Crippen molar-refractivity contribution >= 4 is 34.4 Å². The van der Waals surface area contributed by atoms with E-state index in [-0.39, 0.29) is 11.7 Å². The van der Waals surface area contributed by atoms with Crippen molar-refractivity contribution in [3.63, 3.8) is 0 Å². The molecule has 1 N–H and O–H groups in total. The zero-order valence-electron chi connectivity index (χ0n) is 20.6. The van der Waals surface area contributed by atoms with Gasteiger partial charge >= 0.3 is 0 Å². The highest BCUT2D eigenvalue weighted by molar-refractivity contribution is 7.13. The maximum absolute atomic E-state index is 13.1. The predicted molar refractivity (Wildman–Crippen MR) is 144 cm³/mol. The van der Waals surface area contributed by atoms with E-state index in [0.717, 1.165) is 59.3 Å². The van der Waals surface area contributed by atoms with Crippen LogP contribution in [0.25, 0.3) is 21.5 Å². The molecule has 36 heavy (non-hydrogen) atoms. The number of hydrogen-bond acceptors (Lipinski definition) is 5. The Bertz CT molecular complexity index is 1380. The maximum atomic E-state index is 13.1. The molecular formula is C28H30FN5OS. The number of amides is 1. The number of nitrogens with zero attached hydrogens (tertiary/aromatic N) is 4. The van der Waals surface area contributed by atoms with Gasteiger partial charge in [0.05, 0.1) is 17.5 Å². The zero-order chi connectivity index (χ0) is 25.1. The second-order valence-corrected chi connectivity index (χ2v) is 10.3. The Morgan fingerprint density at radius 2 is 2.00 bits per heavy atom. The van der Waals surface area contributed by atoms with E-state index in [1.807, 2.05) is 12.3 Å². The number of likely N-dealkylation sites (tertiary alicyclic amines) is 1. The van der Waals surface area contributed by atoms with Gasteiger partial charge in [-0.1, -0.05) is 19.1 Å². The summed E-state index contributed by atoms with van der Waals surface area (Å²) in [5.41, 5.74) is 6.97. The molecule has 0 bridgehead atoms. The fourth-order valence-corrected chi connectivity index (χ4v) is 5.42. The van der Waals surface area contributed by atoms with Gasteiger partial charge in [-0.2, -0.15) is 5.10 Å². The first-order valence-electron chi connectivity index (χ1n) is 12.4. The molecule has 0 unspecified atom stereocenters. The molecule has 1 aliphatic heterocycles. The number of aromatic nitrogens is 2. The fraction of sp³-hybridized carbons (Fsp3) is 0.321. The number of carbonyl (C=O) groups excluding carboxylic acids is 1. The Balaban J connectivity index is 1.35. The third-order valence-electron chi connectivity index (χ3n) is 6.78. The Hall–Kier alpha value is -3.36. The second kappa shape index (κ2) is 10.7. The summed E-state index contributed by atoms with van der Waals surface area (Å²) in [6, 6.07) is 12.1. The predicted octanol–water partition coefficient (Wildman–Crippen LogP) is 5.92. The molecule has 2 aromatic heterocycles. The zero-order valence-corrected chi connectivity index (χ0v) is 21.4. The molecule has 1 saturated heterocycles. The van der Waals surface area contributed by atoms with E-state index in [9.17, 15) is 9.18 Å². The Morgan fingerprint density at radius 3 is 2.75 bits per heavy atom. The van der Waals surface area contributed by atoms with Gasteiger partial charge in [0.2, 0.25) is 0 Å². The van der Waals surface area contributed by atoms with Crippen LogP contribution in [0.4, 0.5) is 4.39 Å². The van der Waals surface area contributed by atoms with E-state index in [2.05, 4.69) is 51.4 Å². The summed E-state index contributed by atoms with van der Waals surface area (Å²) in [5, 5.41) is 8.03. The standard InChI is InChI=1S/C28H30FN5OS/c1-3-34-17-25(27(35)32-30-15-20-4-7-22(29)8-5-20)24-14-21(6-9-26(24)34)28-31-23(18-36-28)16-33-12-10-19(2)11-13-33/h4-9,14-15,17-19H,3,10-13,16H2,1-2H3,(H,32,35). The topological polar surface area (TPSA) is 62.5 Å². The summed E-state index contributed by atoms with van der Waals surface area (Å²) in [6.07, 6.45) is 5.87. The average molecular weight is 504 g/mol. The lowest BCUT2D eigenvalue weighted by molar-refractivity contribution is 0.0956. The first-order chi connectivity index (χ1) is 17.5. The number of hydrogen-bond donors (Lipinski definition) is 1. The van der Waals surface area contributed by atoms with Crippen molar-refractivity contribution in [2.24, 2.45) is 11.0 Å². The Kier molecular flexibility index (Phi) is 7.25. The van der Waals surface area contributed by atoms with Crippen LogP contribution in [0.3, 0.4) is 0 Å². The summed E-state index contributed by atoms with van der Waals surface area (Å²) < 4.78 is 15.2. The van der Waals surface area contributed by atoms with Gasteiger partial charge in [-0.3, -0.25) is 9.69 Å². The SMILES string of the molecule is CCn1cc(C(=O)NN=Cc2ccc(F)cc2)c2cc(-c3nc(CN4CCC(C)CC4)cs3)ccc21.